The molecule has 2 aromatic carbocycles. The summed E-state index contributed by atoms with van der Waals surface area (Å²) in [5.74, 6) is 0.211. The van der Waals surface area contributed by atoms with Crippen LogP contribution in [-0.2, 0) is 22.4 Å². The maximum Gasteiger partial charge on any atom is 0.226 e. The molecule has 1 aliphatic rings. The second kappa shape index (κ2) is 9.70. The summed E-state index contributed by atoms with van der Waals surface area (Å²) >= 11 is 1.72. The largest absolute Gasteiger partial charge is 0.359 e. The molecule has 2 heterocycles. The molecule has 1 saturated heterocycles. The molecule has 3 aromatic rings. The monoisotopic (exact) mass is 446 g/mol. The Kier molecular flexibility index (Phi) is 6.75. The third-order valence-electron chi connectivity index (χ3n) is 6.59. The molecule has 32 heavy (non-hydrogen) atoms. The van der Waals surface area contributed by atoms with Crippen LogP contribution in [0.25, 0.3) is 10.4 Å². The summed E-state index contributed by atoms with van der Waals surface area (Å²) in [6.07, 6.45) is 2.44. The summed E-state index contributed by atoms with van der Waals surface area (Å²) in [6, 6.07) is 20.7. The molecule has 166 valence electrons. The summed E-state index contributed by atoms with van der Waals surface area (Å²) in [4.78, 5) is 29.1. The molecular formula is C27H30N2O2S. The first-order valence-electron chi connectivity index (χ1n) is 11.2. The standard InChI is InChI=1S/C27H30N2O2S/c1-20-9-11-21(12-10-20)18-25(30)29-15-13-27(14-16-29,26(31)28-2)19-22-6-3-4-7-23(22)24-8-5-17-32-24/h3-12,17H,13-16,18-19H2,1-2H3,(H,28,31). The van der Waals surface area contributed by atoms with Crippen LogP contribution in [0.15, 0.2) is 66.0 Å². The molecule has 0 spiro atoms. The van der Waals surface area contributed by atoms with Crippen LogP contribution in [-0.4, -0.2) is 36.9 Å². The van der Waals surface area contributed by atoms with Crippen LogP contribution in [0.3, 0.4) is 0 Å². The third kappa shape index (κ3) is 4.78. The zero-order valence-corrected chi connectivity index (χ0v) is 19.6. The molecule has 1 aliphatic heterocycles. The lowest BCUT2D eigenvalue weighted by Gasteiger charge is -2.41. The van der Waals surface area contributed by atoms with Gasteiger partial charge in [0.15, 0.2) is 0 Å². The predicted octanol–water partition coefficient (Wildman–Crippen LogP) is 4.86. The molecule has 0 aliphatic carbocycles. The van der Waals surface area contributed by atoms with Crippen molar-refractivity contribution in [2.24, 2.45) is 5.41 Å². The third-order valence-corrected chi connectivity index (χ3v) is 7.49. The SMILES string of the molecule is CNC(=O)C1(Cc2ccccc2-c2cccs2)CCN(C(=O)Cc2ccc(C)cc2)CC1. The molecule has 4 rings (SSSR count). The van der Waals surface area contributed by atoms with Crippen molar-refractivity contribution in [3.05, 3.63) is 82.7 Å². The van der Waals surface area contributed by atoms with Crippen LogP contribution in [0.1, 0.15) is 29.5 Å². The lowest BCUT2D eigenvalue weighted by atomic mass is 9.72. The van der Waals surface area contributed by atoms with Gasteiger partial charge in [-0.05, 0) is 54.3 Å². The van der Waals surface area contributed by atoms with Crippen LogP contribution >= 0.6 is 11.3 Å². The van der Waals surface area contributed by atoms with Gasteiger partial charge in [0.25, 0.3) is 0 Å². The Morgan fingerprint density at radius 2 is 1.72 bits per heavy atom. The van der Waals surface area contributed by atoms with Gasteiger partial charge in [0.1, 0.15) is 0 Å². The molecule has 5 heteroatoms. The molecule has 2 amide bonds. The minimum absolute atomic E-state index is 0.0733. The maximum atomic E-state index is 13.1. The van der Waals surface area contributed by atoms with Gasteiger partial charge in [0.05, 0.1) is 11.8 Å². The molecule has 0 atom stereocenters. The Balaban J connectivity index is 1.49. The van der Waals surface area contributed by atoms with Crippen molar-refractivity contribution in [3.8, 4) is 10.4 Å². The first-order valence-corrected chi connectivity index (χ1v) is 12.1. The number of nitrogens with one attached hydrogen (secondary N) is 1. The van der Waals surface area contributed by atoms with Gasteiger partial charge in [-0.2, -0.15) is 0 Å². The first-order chi connectivity index (χ1) is 15.5. The summed E-state index contributed by atoms with van der Waals surface area (Å²) < 4.78 is 0. The molecule has 0 unspecified atom stereocenters. The van der Waals surface area contributed by atoms with E-state index in [0.29, 0.717) is 38.8 Å². The Hall–Kier alpha value is -2.92. The molecule has 1 fully saturated rings. The maximum absolute atomic E-state index is 13.1. The van der Waals surface area contributed by atoms with E-state index in [4.69, 9.17) is 0 Å². The fourth-order valence-corrected chi connectivity index (χ4v) is 5.42. The Morgan fingerprint density at radius 1 is 1.00 bits per heavy atom. The number of thiophene rings is 1. The lowest BCUT2D eigenvalue weighted by molar-refractivity contribution is -0.140. The van der Waals surface area contributed by atoms with E-state index in [1.165, 1.54) is 21.6 Å². The minimum atomic E-state index is -0.497. The lowest BCUT2D eigenvalue weighted by Crippen LogP contribution is -2.51. The van der Waals surface area contributed by atoms with Gasteiger partial charge in [-0.25, -0.2) is 0 Å². The summed E-state index contributed by atoms with van der Waals surface area (Å²) in [5.41, 5.74) is 4.12. The Labute approximate surface area is 194 Å². The number of carbonyl (C=O) groups excluding carboxylic acids is 2. The van der Waals surface area contributed by atoms with E-state index in [2.05, 4.69) is 41.0 Å². The highest BCUT2D eigenvalue weighted by atomic mass is 32.1. The summed E-state index contributed by atoms with van der Waals surface area (Å²) in [5, 5.41) is 4.98. The summed E-state index contributed by atoms with van der Waals surface area (Å²) in [6.45, 7) is 3.27. The number of benzene rings is 2. The molecule has 1 N–H and O–H groups in total. The highest BCUT2D eigenvalue weighted by Crippen LogP contribution is 2.39. The molecule has 0 bridgehead atoms. The van der Waals surface area contributed by atoms with Gasteiger partial charge in [-0.3, -0.25) is 9.59 Å². The molecule has 0 radical (unpaired) electrons. The molecule has 1 aromatic heterocycles. The number of aryl methyl sites for hydroxylation is 1. The van der Waals surface area contributed by atoms with E-state index in [9.17, 15) is 9.59 Å². The molecular weight excluding hydrogens is 416 g/mol. The number of hydrogen-bond acceptors (Lipinski definition) is 3. The van der Waals surface area contributed by atoms with Gasteiger partial charge >= 0.3 is 0 Å². The number of amides is 2. The van der Waals surface area contributed by atoms with Gasteiger partial charge in [-0.1, -0.05) is 60.2 Å². The predicted molar refractivity (Wildman–Crippen MR) is 131 cm³/mol. The number of nitrogens with zero attached hydrogens (tertiary/aromatic N) is 1. The van der Waals surface area contributed by atoms with Crippen LogP contribution < -0.4 is 5.32 Å². The second-order valence-electron chi connectivity index (χ2n) is 8.71. The van der Waals surface area contributed by atoms with Crippen molar-refractivity contribution in [2.45, 2.75) is 32.6 Å². The van der Waals surface area contributed by atoms with Crippen molar-refractivity contribution in [3.63, 3.8) is 0 Å². The Morgan fingerprint density at radius 3 is 2.38 bits per heavy atom. The zero-order chi connectivity index (χ0) is 22.6. The Bertz CT molecular complexity index is 1070. The quantitative estimate of drug-likeness (QED) is 0.588. The zero-order valence-electron chi connectivity index (χ0n) is 18.8. The van der Waals surface area contributed by atoms with E-state index in [-0.39, 0.29) is 11.8 Å². The minimum Gasteiger partial charge on any atom is -0.359 e. The highest BCUT2D eigenvalue weighted by Gasteiger charge is 2.42. The van der Waals surface area contributed by atoms with Crippen molar-refractivity contribution in [1.29, 1.82) is 0 Å². The summed E-state index contributed by atoms with van der Waals surface area (Å²) in [7, 11) is 1.71. The number of piperidine rings is 1. The molecule has 4 nitrogen and oxygen atoms in total. The van der Waals surface area contributed by atoms with E-state index < -0.39 is 5.41 Å². The second-order valence-corrected chi connectivity index (χ2v) is 9.66. The highest BCUT2D eigenvalue weighted by molar-refractivity contribution is 7.13. The average molecular weight is 447 g/mol. The number of hydrogen-bond donors (Lipinski definition) is 1. The van der Waals surface area contributed by atoms with Crippen molar-refractivity contribution >= 4 is 23.2 Å². The fourth-order valence-electron chi connectivity index (χ4n) is 4.64. The van der Waals surface area contributed by atoms with Crippen molar-refractivity contribution < 1.29 is 9.59 Å². The topological polar surface area (TPSA) is 49.4 Å². The van der Waals surface area contributed by atoms with Crippen LogP contribution in [0.4, 0.5) is 0 Å². The average Bonchev–Trinajstić information content (AvgIpc) is 3.35. The smallest absolute Gasteiger partial charge is 0.226 e. The van der Waals surface area contributed by atoms with Crippen molar-refractivity contribution in [1.82, 2.24) is 10.2 Å². The number of carbonyl (C=O) groups is 2. The van der Waals surface area contributed by atoms with Gasteiger partial charge in [-0.15, -0.1) is 11.3 Å². The van der Waals surface area contributed by atoms with Crippen LogP contribution in [0, 0.1) is 12.3 Å². The van der Waals surface area contributed by atoms with Gasteiger partial charge < -0.3 is 10.2 Å². The van der Waals surface area contributed by atoms with E-state index in [1.54, 1.807) is 18.4 Å². The van der Waals surface area contributed by atoms with Crippen LogP contribution in [0.2, 0.25) is 0 Å². The van der Waals surface area contributed by atoms with Crippen LogP contribution in [0.5, 0.6) is 0 Å². The first kappa shape index (κ1) is 22.3. The normalized spacial score (nSPS) is 15.4. The number of likely N-dealkylation sites (tertiary alicyclic amines) is 1. The van der Waals surface area contributed by atoms with Gasteiger partial charge in [0.2, 0.25) is 11.8 Å². The van der Waals surface area contributed by atoms with E-state index in [1.807, 2.05) is 42.2 Å². The fraction of sp³-hybridized carbons (Fsp3) is 0.333. The van der Waals surface area contributed by atoms with Crippen molar-refractivity contribution in [2.75, 3.05) is 20.1 Å². The number of rotatable bonds is 6. The van der Waals surface area contributed by atoms with Gasteiger partial charge in [0, 0.05) is 25.0 Å². The molecule has 0 saturated carbocycles. The van der Waals surface area contributed by atoms with E-state index >= 15 is 0 Å². The van der Waals surface area contributed by atoms with E-state index in [0.717, 1.165) is 5.56 Å².